The van der Waals surface area contributed by atoms with Crippen molar-refractivity contribution >= 4 is 23.4 Å². The largest absolute Gasteiger partial charge is 0.278 e. The number of hydrogen-bond acceptors (Lipinski definition) is 2. The zero-order chi connectivity index (χ0) is 11.4. The molecule has 1 aliphatic heterocycles. The van der Waals surface area contributed by atoms with E-state index in [0.29, 0.717) is 5.57 Å². The van der Waals surface area contributed by atoms with Crippen molar-refractivity contribution in [3.8, 4) is 0 Å². The molecule has 82 valence electrons. The van der Waals surface area contributed by atoms with Crippen molar-refractivity contribution in [2.45, 2.75) is 13.8 Å². The van der Waals surface area contributed by atoms with Gasteiger partial charge >= 0.3 is 0 Å². The lowest BCUT2D eigenvalue weighted by Gasteiger charge is -2.20. The summed E-state index contributed by atoms with van der Waals surface area (Å²) in [5, 5.41) is 0. The van der Waals surface area contributed by atoms with Crippen LogP contribution in [0.15, 0.2) is 12.2 Å². The molecule has 1 saturated heterocycles. The molecule has 0 aromatic heterocycles. The van der Waals surface area contributed by atoms with Crippen LogP contribution in [0.3, 0.4) is 0 Å². The number of likely N-dealkylation sites (tertiary alicyclic amines) is 1. The van der Waals surface area contributed by atoms with Crippen molar-refractivity contribution in [3.63, 3.8) is 0 Å². The minimum Gasteiger partial charge on any atom is -0.278 e. The third-order valence-electron chi connectivity index (χ3n) is 3.46. The Morgan fingerprint density at radius 1 is 1.40 bits per heavy atom. The highest BCUT2D eigenvalue weighted by molar-refractivity contribution is 6.19. The van der Waals surface area contributed by atoms with E-state index in [4.69, 9.17) is 11.6 Å². The van der Waals surface area contributed by atoms with E-state index in [1.807, 2.05) is 13.8 Å². The lowest BCUT2D eigenvalue weighted by atomic mass is 10.1. The van der Waals surface area contributed by atoms with E-state index in [0.717, 1.165) is 0 Å². The predicted molar refractivity (Wildman–Crippen MR) is 57.3 cm³/mol. The van der Waals surface area contributed by atoms with Crippen molar-refractivity contribution in [2.24, 2.45) is 17.3 Å². The van der Waals surface area contributed by atoms with Crippen LogP contribution < -0.4 is 0 Å². The zero-order valence-corrected chi connectivity index (χ0v) is 9.67. The van der Waals surface area contributed by atoms with E-state index in [1.54, 1.807) is 0 Å². The molecule has 0 bridgehead atoms. The second kappa shape index (κ2) is 3.08. The molecule has 0 radical (unpaired) electrons. The van der Waals surface area contributed by atoms with Crippen LogP contribution >= 0.6 is 11.6 Å². The molecule has 0 aromatic carbocycles. The molecule has 0 N–H and O–H groups in total. The van der Waals surface area contributed by atoms with E-state index in [-0.39, 0.29) is 41.5 Å². The van der Waals surface area contributed by atoms with Crippen LogP contribution in [0.2, 0.25) is 0 Å². The summed E-state index contributed by atoms with van der Waals surface area (Å²) in [6, 6.07) is 0. The number of halogens is 1. The summed E-state index contributed by atoms with van der Waals surface area (Å²) in [7, 11) is 0. The fourth-order valence-corrected chi connectivity index (χ4v) is 2.51. The van der Waals surface area contributed by atoms with Crippen LogP contribution in [0, 0.1) is 17.3 Å². The lowest BCUT2D eigenvalue weighted by Crippen LogP contribution is -2.37. The molecule has 2 atom stereocenters. The highest BCUT2D eigenvalue weighted by Crippen LogP contribution is 2.63. The minimum absolute atomic E-state index is 0.0544. The van der Waals surface area contributed by atoms with E-state index < -0.39 is 0 Å². The molecule has 3 nitrogen and oxygen atoms in total. The standard InChI is InChI=1S/C11H14ClNO2/c1-6(4-12)5-13-9(14)7-8(10(13)15)11(7,2)3/h7-8H,1,4-5H2,2-3H3. The number of alkyl halides is 1. The molecular formula is C11H14ClNO2. The first kappa shape index (κ1) is 10.7. The summed E-state index contributed by atoms with van der Waals surface area (Å²) in [6.45, 7) is 7.91. The van der Waals surface area contributed by atoms with Crippen LogP contribution in [0.25, 0.3) is 0 Å². The predicted octanol–water partition coefficient (Wildman–Crippen LogP) is 1.42. The topological polar surface area (TPSA) is 37.4 Å². The number of rotatable bonds is 3. The number of hydrogen-bond donors (Lipinski definition) is 0. The summed E-state index contributed by atoms with van der Waals surface area (Å²) in [4.78, 5) is 25.0. The smallest absolute Gasteiger partial charge is 0.233 e. The van der Waals surface area contributed by atoms with Gasteiger partial charge in [-0.3, -0.25) is 14.5 Å². The molecule has 2 amide bonds. The Kier molecular flexibility index (Phi) is 2.19. The van der Waals surface area contributed by atoms with Crippen molar-refractivity contribution in [1.82, 2.24) is 4.90 Å². The molecule has 1 saturated carbocycles. The Balaban J connectivity index is 2.11. The highest BCUT2D eigenvalue weighted by atomic mass is 35.5. The third-order valence-corrected chi connectivity index (χ3v) is 3.84. The van der Waals surface area contributed by atoms with Gasteiger partial charge in [0.15, 0.2) is 0 Å². The van der Waals surface area contributed by atoms with Gasteiger partial charge in [0.25, 0.3) is 0 Å². The second-order valence-electron chi connectivity index (χ2n) is 4.92. The first-order chi connectivity index (χ1) is 6.91. The second-order valence-corrected chi connectivity index (χ2v) is 5.19. The first-order valence-corrected chi connectivity index (χ1v) is 5.52. The number of amides is 2. The molecule has 0 aromatic rings. The maximum atomic E-state index is 11.8. The minimum atomic E-state index is -0.132. The molecule has 2 fully saturated rings. The molecule has 2 unspecified atom stereocenters. The normalized spacial score (nSPS) is 31.8. The molecule has 4 heteroatoms. The summed E-state index contributed by atoms with van der Waals surface area (Å²) in [5.41, 5.74) is 0.574. The number of piperidine rings is 1. The van der Waals surface area contributed by atoms with Gasteiger partial charge in [-0.25, -0.2) is 0 Å². The molecule has 1 aliphatic carbocycles. The van der Waals surface area contributed by atoms with Gasteiger partial charge in [-0.2, -0.15) is 0 Å². The Morgan fingerprint density at radius 2 is 1.87 bits per heavy atom. The van der Waals surface area contributed by atoms with Crippen LogP contribution in [0.1, 0.15) is 13.8 Å². The Morgan fingerprint density at radius 3 is 2.27 bits per heavy atom. The van der Waals surface area contributed by atoms with Gasteiger partial charge in [0, 0.05) is 5.88 Å². The van der Waals surface area contributed by atoms with Gasteiger partial charge < -0.3 is 0 Å². The molecule has 2 rings (SSSR count). The quantitative estimate of drug-likeness (QED) is 0.416. The molecular weight excluding hydrogens is 214 g/mol. The van der Waals surface area contributed by atoms with E-state index >= 15 is 0 Å². The summed E-state index contributed by atoms with van der Waals surface area (Å²) in [5.74, 6) is -0.0285. The van der Waals surface area contributed by atoms with Crippen molar-refractivity contribution in [2.75, 3.05) is 12.4 Å². The van der Waals surface area contributed by atoms with Gasteiger partial charge in [0.2, 0.25) is 11.8 Å². The molecule has 15 heavy (non-hydrogen) atoms. The number of nitrogens with zero attached hydrogens (tertiary/aromatic N) is 1. The number of carbonyl (C=O) groups is 2. The molecule has 2 aliphatic rings. The van der Waals surface area contributed by atoms with Crippen LogP contribution in [0.5, 0.6) is 0 Å². The highest BCUT2D eigenvalue weighted by Gasteiger charge is 2.72. The van der Waals surface area contributed by atoms with Crippen molar-refractivity contribution in [1.29, 1.82) is 0 Å². The maximum Gasteiger partial charge on any atom is 0.233 e. The SMILES string of the molecule is C=C(CCl)CN1C(=O)C2C(C1=O)C2(C)C. The van der Waals surface area contributed by atoms with Crippen LogP contribution in [-0.4, -0.2) is 29.1 Å². The zero-order valence-electron chi connectivity index (χ0n) is 8.92. The molecule has 1 heterocycles. The van der Waals surface area contributed by atoms with Gasteiger partial charge in [0.1, 0.15) is 0 Å². The monoisotopic (exact) mass is 227 g/mol. The number of fused-ring (bicyclic) bond motifs is 1. The lowest BCUT2D eigenvalue weighted by molar-refractivity contribution is -0.142. The van der Waals surface area contributed by atoms with Gasteiger partial charge in [-0.1, -0.05) is 20.4 Å². The van der Waals surface area contributed by atoms with Gasteiger partial charge in [-0.05, 0) is 11.0 Å². The van der Waals surface area contributed by atoms with E-state index in [2.05, 4.69) is 6.58 Å². The third kappa shape index (κ3) is 1.33. The Hall–Kier alpha value is -0.830. The fourth-order valence-electron chi connectivity index (χ4n) is 2.43. The number of carbonyl (C=O) groups excluding carboxylic acids is 2. The van der Waals surface area contributed by atoms with Gasteiger partial charge in [0.05, 0.1) is 18.4 Å². The van der Waals surface area contributed by atoms with Gasteiger partial charge in [-0.15, -0.1) is 11.6 Å². The first-order valence-electron chi connectivity index (χ1n) is 4.99. The van der Waals surface area contributed by atoms with Crippen LogP contribution in [-0.2, 0) is 9.59 Å². The van der Waals surface area contributed by atoms with E-state index in [1.165, 1.54) is 4.90 Å². The van der Waals surface area contributed by atoms with E-state index in [9.17, 15) is 9.59 Å². The summed E-state index contributed by atoms with van der Waals surface area (Å²) >= 11 is 5.58. The summed E-state index contributed by atoms with van der Waals surface area (Å²) < 4.78 is 0. The Labute approximate surface area is 94.1 Å². The summed E-state index contributed by atoms with van der Waals surface area (Å²) in [6.07, 6.45) is 0. The number of imide groups is 1. The van der Waals surface area contributed by atoms with Crippen molar-refractivity contribution in [3.05, 3.63) is 12.2 Å². The van der Waals surface area contributed by atoms with Crippen molar-refractivity contribution < 1.29 is 9.59 Å². The average Bonchev–Trinajstić information content (AvgIpc) is 2.64. The fraction of sp³-hybridized carbons (Fsp3) is 0.636. The van der Waals surface area contributed by atoms with Crippen LogP contribution in [0.4, 0.5) is 0 Å². The molecule has 0 spiro atoms. The average molecular weight is 228 g/mol. The maximum absolute atomic E-state index is 11.8. The Bertz CT molecular complexity index is 338.